The molecular formula is C37H30N2O6. The number of aldehydes is 1. The number of aryl methyl sites for hydroxylation is 2. The molecule has 45 heavy (non-hydrogen) atoms. The standard InChI is InChI=1S/C30H21NO6.C7H9N/c1-15-2-5-17(6-3-15)31-29(33)22-10-8-19-21-12-13-24(37-36)25-16(14-32)4-7-18(26(21)25)20-9-11-23(30(34)35)28(22)27(19)20;1-6-2-4-7(8)5-3-6/h2-9,11-14,22,36H,10H2,1H3,(H,31,33)(H,34,35);2-5H,8H2,1H3. The molecule has 0 spiro atoms. The van der Waals surface area contributed by atoms with Crippen molar-refractivity contribution in [3.8, 4) is 5.75 Å². The third kappa shape index (κ3) is 5.21. The normalized spacial score (nSPS) is 13.5. The highest BCUT2D eigenvalue weighted by Gasteiger charge is 2.31. The molecule has 0 fully saturated rings. The maximum atomic E-state index is 13.5. The van der Waals surface area contributed by atoms with Crippen LogP contribution in [0, 0.1) is 13.8 Å². The van der Waals surface area contributed by atoms with Crippen molar-refractivity contribution < 1.29 is 29.6 Å². The first kappa shape index (κ1) is 29.3. The third-order valence-electron chi connectivity index (χ3n) is 8.32. The number of carbonyl (C=O) groups excluding carboxylic acids is 2. The fraction of sp³-hybridized carbons (Fsp3) is 0.108. The minimum atomic E-state index is -1.11. The number of nitrogen functional groups attached to an aromatic ring is 1. The summed E-state index contributed by atoms with van der Waals surface area (Å²) >= 11 is 0. The van der Waals surface area contributed by atoms with Gasteiger partial charge in [-0.25, -0.2) is 10.1 Å². The molecule has 0 saturated heterocycles. The van der Waals surface area contributed by atoms with Crippen molar-refractivity contribution in [2.45, 2.75) is 26.2 Å². The molecular weight excluding hydrogens is 568 g/mol. The van der Waals surface area contributed by atoms with Crippen LogP contribution in [0.15, 0.2) is 84.9 Å². The number of carboxylic acid groups (broad SMARTS) is 1. The Morgan fingerprint density at radius 3 is 2.07 bits per heavy atom. The first-order chi connectivity index (χ1) is 21.7. The molecule has 0 aromatic heterocycles. The fourth-order valence-electron chi connectivity index (χ4n) is 6.17. The van der Waals surface area contributed by atoms with Gasteiger partial charge in [-0.05, 0) is 95.1 Å². The van der Waals surface area contributed by atoms with E-state index in [1.807, 2.05) is 68.5 Å². The Labute approximate surface area is 258 Å². The largest absolute Gasteiger partial charge is 0.478 e. The molecule has 6 aromatic carbocycles. The van der Waals surface area contributed by atoms with Gasteiger partial charge in [0.1, 0.15) is 0 Å². The molecule has 0 bridgehead atoms. The number of amides is 1. The van der Waals surface area contributed by atoms with E-state index in [9.17, 15) is 24.7 Å². The lowest BCUT2D eigenvalue weighted by Gasteiger charge is -2.25. The second-order valence-corrected chi connectivity index (χ2v) is 11.2. The molecule has 1 aliphatic carbocycles. The van der Waals surface area contributed by atoms with E-state index >= 15 is 0 Å². The Balaban J connectivity index is 0.000000390. The van der Waals surface area contributed by atoms with Crippen molar-refractivity contribution >= 4 is 67.9 Å². The first-order valence-electron chi connectivity index (χ1n) is 14.4. The summed E-state index contributed by atoms with van der Waals surface area (Å²) in [4.78, 5) is 42.3. The van der Waals surface area contributed by atoms with Gasteiger partial charge < -0.3 is 21.0 Å². The van der Waals surface area contributed by atoms with E-state index in [-0.39, 0.29) is 17.2 Å². The van der Waals surface area contributed by atoms with Crippen LogP contribution >= 0.6 is 0 Å². The number of hydrogen-bond donors (Lipinski definition) is 4. The van der Waals surface area contributed by atoms with E-state index in [1.165, 1.54) is 11.6 Å². The summed E-state index contributed by atoms with van der Waals surface area (Å²) in [6.07, 6.45) is 2.95. The molecule has 1 aliphatic rings. The van der Waals surface area contributed by atoms with Gasteiger partial charge in [0.25, 0.3) is 0 Å². The van der Waals surface area contributed by atoms with Crippen molar-refractivity contribution in [1.29, 1.82) is 0 Å². The van der Waals surface area contributed by atoms with Crippen LogP contribution in [0.25, 0.3) is 38.4 Å². The van der Waals surface area contributed by atoms with Gasteiger partial charge >= 0.3 is 5.97 Å². The van der Waals surface area contributed by atoms with E-state index in [4.69, 9.17) is 5.73 Å². The molecule has 224 valence electrons. The maximum absolute atomic E-state index is 13.5. The minimum Gasteiger partial charge on any atom is -0.478 e. The Hall–Kier alpha value is -5.73. The van der Waals surface area contributed by atoms with Crippen LogP contribution in [-0.2, 0) is 4.79 Å². The fourth-order valence-corrected chi connectivity index (χ4v) is 6.17. The van der Waals surface area contributed by atoms with Crippen LogP contribution in [0.3, 0.4) is 0 Å². The molecule has 8 nitrogen and oxygen atoms in total. The number of benzene rings is 6. The lowest BCUT2D eigenvalue weighted by molar-refractivity contribution is -0.136. The monoisotopic (exact) mass is 598 g/mol. The number of carbonyl (C=O) groups is 3. The summed E-state index contributed by atoms with van der Waals surface area (Å²) in [6, 6.07) is 25.3. The highest BCUT2D eigenvalue weighted by atomic mass is 17.1. The summed E-state index contributed by atoms with van der Waals surface area (Å²) in [5, 5.41) is 27.5. The SMILES string of the molecule is Cc1ccc(N)cc1.Cc1ccc(NC(=O)C2CC=c3c4ccc(OO)c5c(C=O)ccc(c6ccc(C(=O)O)c2c36)c54)cc1. The zero-order chi connectivity index (χ0) is 31.8. The zero-order valence-corrected chi connectivity index (χ0v) is 24.6. The number of nitrogens with two attached hydrogens (primary N) is 1. The van der Waals surface area contributed by atoms with E-state index in [1.54, 1.807) is 30.3 Å². The van der Waals surface area contributed by atoms with Crippen LogP contribution in [0.5, 0.6) is 5.75 Å². The second kappa shape index (κ2) is 11.7. The van der Waals surface area contributed by atoms with Crippen molar-refractivity contribution in [3.63, 3.8) is 0 Å². The molecule has 0 heterocycles. The summed E-state index contributed by atoms with van der Waals surface area (Å²) < 4.78 is 0. The minimum absolute atomic E-state index is 0.0768. The molecule has 1 amide bonds. The van der Waals surface area contributed by atoms with Gasteiger partial charge in [-0.2, -0.15) is 0 Å². The van der Waals surface area contributed by atoms with Crippen LogP contribution in [0.4, 0.5) is 11.4 Å². The number of carboxylic acids is 1. The molecule has 1 atom stereocenters. The number of rotatable bonds is 5. The molecule has 1 unspecified atom stereocenters. The smallest absolute Gasteiger partial charge is 0.336 e. The molecule has 0 radical (unpaired) electrons. The van der Waals surface area contributed by atoms with Crippen molar-refractivity contribution in [2.75, 3.05) is 11.1 Å². The van der Waals surface area contributed by atoms with Gasteiger partial charge in [0, 0.05) is 27.7 Å². The molecule has 0 saturated carbocycles. The Kier molecular flexibility index (Phi) is 7.66. The summed E-state index contributed by atoms with van der Waals surface area (Å²) in [5.41, 5.74) is 10.1. The van der Waals surface area contributed by atoms with Gasteiger partial charge in [0.15, 0.2) is 12.0 Å². The second-order valence-electron chi connectivity index (χ2n) is 11.2. The van der Waals surface area contributed by atoms with E-state index in [0.717, 1.165) is 38.0 Å². The molecule has 5 N–H and O–H groups in total. The highest BCUT2D eigenvalue weighted by Crippen LogP contribution is 2.42. The average molecular weight is 599 g/mol. The van der Waals surface area contributed by atoms with Gasteiger partial charge in [-0.3, -0.25) is 9.59 Å². The highest BCUT2D eigenvalue weighted by molar-refractivity contribution is 6.27. The molecule has 0 aliphatic heterocycles. The summed E-state index contributed by atoms with van der Waals surface area (Å²) in [7, 11) is 0. The predicted molar refractivity (Wildman–Crippen MR) is 177 cm³/mol. The van der Waals surface area contributed by atoms with E-state index in [0.29, 0.717) is 40.3 Å². The van der Waals surface area contributed by atoms with Crippen LogP contribution in [0.1, 0.15) is 49.7 Å². The number of fused-ring (bicyclic) bond motifs is 2. The Morgan fingerprint density at radius 1 is 0.822 bits per heavy atom. The number of nitrogens with one attached hydrogen (secondary N) is 1. The maximum Gasteiger partial charge on any atom is 0.336 e. The molecule has 8 heteroatoms. The first-order valence-corrected chi connectivity index (χ1v) is 14.4. The zero-order valence-electron chi connectivity index (χ0n) is 24.6. The summed E-state index contributed by atoms with van der Waals surface area (Å²) in [5.74, 6) is -1.95. The van der Waals surface area contributed by atoms with Gasteiger partial charge in [-0.1, -0.05) is 59.7 Å². The van der Waals surface area contributed by atoms with Crippen LogP contribution < -0.4 is 21.2 Å². The van der Waals surface area contributed by atoms with E-state index < -0.39 is 11.9 Å². The van der Waals surface area contributed by atoms with Crippen LogP contribution in [0.2, 0.25) is 0 Å². The lowest BCUT2D eigenvalue weighted by atomic mass is 9.79. The predicted octanol–water partition coefficient (Wildman–Crippen LogP) is 7.02. The van der Waals surface area contributed by atoms with Gasteiger partial charge in [0.05, 0.1) is 11.5 Å². The number of hydrogen-bond acceptors (Lipinski definition) is 6. The summed E-state index contributed by atoms with van der Waals surface area (Å²) in [6.45, 7) is 4.00. The van der Waals surface area contributed by atoms with Crippen molar-refractivity contribution in [2.24, 2.45) is 0 Å². The Bertz CT molecular complexity index is 2170. The molecule has 6 aromatic rings. The van der Waals surface area contributed by atoms with Gasteiger partial charge in [-0.15, -0.1) is 0 Å². The lowest BCUT2D eigenvalue weighted by Crippen LogP contribution is -2.27. The van der Waals surface area contributed by atoms with Crippen LogP contribution in [-0.4, -0.2) is 28.5 Å². The van der Waals surface area contributed by atoms with Crippen molar-refractivity contribution in [3.05, 3.63) is 118 Å². The van der Waals surface area contributed by atoms with Crippen molar-refractivity contribution in [1.82, 2.24) is 0 Å². The quantitative estimate of drug-likeness (QED) is 0.0418. The number of aromatic carboxylic acids is 1. The third-order valence-corrected chi connectivity index (χ3v) is 8.32. The van der Waals surface area contributed by atoms with E-state index in [2.05, 4.69) is 10.2 Å². The molecule has 7 rings (SSSR count). The topological polar surface area (TPSA) is 139 Å². The number of anilines is 2. The van der Waals surface area contributed by atoms with Gasteiger partial charge in [0.2, 0.25) is 5.91 Å². The average Bonchev–Trinajstić information content (AvgIpc) is 3.05. The Morgan fingerprint density at radius 2 is 1.44 bits per heavy atom.